The van der Waals surface area contributed by atoms with E-state index in [0.717, 1.165) is 0 Å². The molecule has 0 aromatic carbocycles. The van der Waals surface area contributed by atoms with Crippen LogP contribution in [0.2, 0.25) is 0 Å². The van der Waals surface area contributed by atoms with Gasteiger partial charge in [-0.25, -0.2) is 0 Å². The molecule has 0 fully saturated rings. The number of rotatable bonds is 12. The molecule has 0 aliphatic carbocycles. The largest absolute Gasteiger partial charge is 2.00 e. The fourth-order valence-corrected chi connectivity index (χ4v) is 1.87. The number of carbonyl (C=O) groups excluding carboxylic acids is 4. The summed E-state index contributed by atoms with van der Waals surface area (Å²) in [6, 6.07) is 3.89. The molecule has 202 valence electrons. The van der Waals surface area contributed by atoms with E-state index in [1.165, 1.54) is 0 Å². The summed E-state index contributed by atoms with van der Waals surface area (Å²) < 4.78 is 0. The number of aliphatic carboxylic acids is 2. The van der Waals surface area contributed by atoms with E-state index in [1.807, 2.05) is 24.5 Å². The zero-order chi connectivity index (χ0) is 27.9. The number of carboxylic acids is 2. The van der Waals surface area contributed by atoms with Gasteiger partial charge in [-0.2, -0.15) is 0 Å². The van der Waals surface area contributed by atoms with E-state index in [1.54, 1.807) is 0 Å². The Labute approximate surface area is 218 Å². The number of ketones is 2. The molecule has 1 rings (SSSR count). The summed E-state index contributed by atoms with van der Waals surface area (Å²) in [4.78, 5) is 44.0. The van der Waals surface area contributed by atoms with Crippen molar-refractivity contribution >= 4 is 46.6 Å². The van der Waals surface area contributed by atoms with Crippen molar-refractivity contribution in [3.8, 4) is 0 Å². The number of aliphatic hydroxyl groups excluding tert-OH is 10. The predicted molar refractivity (Wildman–Crippen MR) is 109 cm³/mol. The number of aromatic amines is 1. The molecule has 0 amide bonds. The first-order chi connectivity index (χ1) is 16.1. The minimum absolute atomic E-state index is 0. The maximum Gasteiger partial charge on any atom is 2.00 e. The number of carboxylic acid groups (broad SMARTS) is 2. The number of hydrogen-bond acceptors (Lipinski definition) is 16. The van der Waals surface area contributed by atoms with Gasteiger partial charge in [-0.3, -0.25) is 9.59 Å². The molecule has 0 aliphatic heterocycles. The minimum atomic E-state index is -2.42. The van der Waals surface area contributed by atoms with Crippen molar-refractivity contribution in [2.45, 2.75) is 48.8 Å². The number of carbonyl (C=O) groups is 4. The number of H-pyrrole nitrogens is 1. The Bertz CT molecular complexity index is 695. The van der Waals surface area contributed by atoms with Gasteiger partial charge in [0, 0.05) is 12.4 Å². The number of hydrogen-bond donors (Lipinski definition) is 11. The van der Waals surface area contributed by atoms with E-state index < -0.39 is 85.6 Å². The molecule has 0 radical (unpaired) electrons. The summed E-state index contributed by atoms with van der Waals surface area (Å²) in [5, 5.41) is 108. The molecule has 0 aliphatic rings. The number of aliphatic hydroxyl groups is 10. The second-order valence-corrected chi connectivity index (χ2v) is 6.54. The van der Waals surface area contributed by atoms with Crippen LogP contribution in [0.4, 0.5) is 0 Å². The summed E-state index contributed by atoms with van der Waals surface area (Å²) >= 11 is 0. The number of nitrogens with one attached hydrogen (secondary N) is 1. The maximum absolute atomic E-state index is 10.6. The van der Waals surface area contributed by atoms with Crippen LogP contribution in [0.1, 0.15) is 0 Å². The second kappa shape index (κ2) is 20.0. The molecular formula is C18H27MgNO16. The van der Waals surface area contributed by atoms with Gasteiger partial charge >= 0.3 is 23.1 Å². The third kappa shape index (κ3) is 13.9. The van der Waals surface area contributed by atoms with Gasteiger partial charge < -0.3 is 75.9 Å². The van der Waals surface area contributed by atoms with E-state index >= 15 is 0 Å². The van der Waals surface area contributed by atoms with Gasteiger partial charge in [0.15, 0.2) is 0 Å². The summed E-state index contributed by atoms with van der Waals surface area (Å²) in [5.74, 6) is -8.11. The monoisotopic (exact) mass is 537 g/mol. The molecule has 0 bridgehead atoms. The second-order valence-electron chi connectivity index (χ2n) is 6.54. The molecule has 36 heavy (non-hydrogen) atoms. The Balaban J connectivity index is -0.000000493. The topological polar surface area (TPSA) is 332 Å². The fraction of sp³-hybridized carbons (Fsp3) is 0.556. The van der Waals surface area contributed by atoms with Crippen LogP contribution in [-0.2, 0) is 19.2 Å². The zero-order valence-electron chi connectivity index (χ0n) is 18.5. The first-order valence-corrected chi connectivity index (χ1v) is 9.39. The van der Waals surface area contributed by atoms with Gasteiger partial charge in [0.25, 0.3) is 0 Å². The zero-order valence-corrected chi connectivity index (χ0v) is 19.9. The van der Waals surface area contributed by atoms with Crippen molar-refractivity contribution in [2.75, 3.05) is 13.2 Å². The van der Waals surface area contributed by atoms with Crippen LogP contribution in [0.5, 0.6) is 0 Å². The van der Waals surface area contributed by atoms with Crippen molar-refractivity contribution in [3.63, 3.8) is 0 Å². The molecule has 1 heterocycles. The Hall–Kier alpha value is -2.07. The molecular weight excluding hydrogens is 510 g/mol. The molecule has 0 unspecified atom stereocenters. The smallest absolute Gasteiger partial charge is 0.542 e. The van der Waals surface area contributed by atoms with Crippen molar-refractivity contribution in [3.05, 3.63) is 24.5 Å². The third-order valence-corrected chi connectivity index (χ3v) is 3.95. The van der Waals surface area contributed by atoms with Crippen LogP contribution in [-0.4, -0.2) is 165 Å². The molecule has 1 aromatic heterocycles. The van der Waals surface area contributed by atoms with E-state index in [2.05, 4.69) is 4.98 Å². The van der Waals surface area contributed by atoms with E-state index in [-0.39, 0.29) is 23.1 Å². The van der Waals surface area contributed by atoms with Crippen molar-refractivity contribution < 1.29 is 80.5 Å². The fourth-order valence-electron chi connectivity index (χ4n) is 1.87. The summed E-state index contributed by atoms with van der Waals surface area (Å²) in [5.41, 5.74) is 0. The molecule has 1 aromatic rings. The van der Waals surface area contributed by atoms with Crippen LogP contribution < -0.4 is 10.2 Å². The summed E-state index contributed by atoms with van der Waals surface area (Å²) in [6.45, 7) is -1.85. The normalized spacial score (nSPS) is 16.9. The standard InChI is InChI=1S/2C7H12O8.C4H5N.Mg/c2*8-1-2(9)3(10)4(11)5(12)6(13)7(14)15;1-2-4-5-3-1;/h2*2-5,8-12H,1H2,(H,14,15);1-5H;/q;;;+2/p-2/t2*2-,3+,4-,5+;;/m11../s1. The Morgan fingerprint density at radius 2 is 0.889 bits per heavy atom. The van der Waals surface area contributed by atoms with Crippen molar-refractivity contribution in [1.29, 1.82) is 0 Å². The first kappa shape index (κ1) is 38.5. The van der Waals surface area contributed by atoms with Gasteiger partial charge in [0.05, 0.1) is 13.2 Å². The Morgan fingerprint density at radius 1 is 0.611 bits per heavy atom. The van der Waals surface area contributed by atoms with Gasteiger partial charge in [0.2, 0.25) is 11.6 Å². The predicted octanol–water partition coefficient (Wildman–Crippen LogP) is -9.88. The van der Waals surface area contributed by atoms with Gasteiger partial charge in [-0.15, -0.1) is 0 Å². The quantitative estimate of drug-likeness (QED) is 0.0869. The Morgan fingerprint density at radius 3 is 1.06 bits per heavy atom. The van der Waals surface area contributed by atoms with Crippen LogP contribution in [0.25, 0.3) is 0 Å². The molecule has 18 heteroatoms. The van der Waals surface area contributed by atoms with Crippen molar-refractivity contribution in [1.82, 2.24) is 4.98 Å². The molecule has 11 N–H and O–H groups in total. The van der Waals surface area contributed by atoms with Gasteiger partial charge in [-0.1, -0.05) is 0 Å². The Kier molecular flexibility index (Phi) is 21.4. The average molecular weight is 538 g/mol. The summed E-state index contributed by atoms with van der Waals surface area (Å²) in [7, 11) is 0. The molecule has 17 nitrogen and oxygen atoms in total. The summed E-state index contributed by atoms with van der Waals surface area (Å²) in [6.07, 6.45) is -13.2. The molecule has 8 atom stereocenters. The van der Waals surface area contributed by atoms with Crippen LogP contribution in [0, 0.1) is 0 Å². The molecule has 0 spiro atoms. The first-order valence-electron chi connectivity index (χ1n) is 9.39. The molecule has 0 saturated carbocycles. The van der Waals surface area contributed by atoms with Gasteiger partial charge in [0.1, 0.15) is 60.8 Å². The van der Waals surface area contributed by atoms with E-state index in [4.69, 9.17) is 51.1 Å². The van der Waals surface area contributed by atoms with E-state index in [9.17, 15) is 29.4 Å². The number of aromatic nitrogens is 1. The van der Waals surface area contributed by atoms with Crippen LogP contribution in [0.3, 0.4) is 0 Å². The van der Waals surface area contributed by atoms with E-state index in [0.29, 0.717) is 0 Å². The number of Topliss-reactive ketones (excluding diaryl/α,β-unsaturated/α-hetero) is 2. The van der Waals surface area contributed by atoms with Crippen LogP contribution >= 0.6 is 0 Å². The maximum atomic E-state index is 10.6. The average Bonchev–Trinajstić information content (AvgIpc) is 3.44. The minimum Gasteiger partial charge on any atom is -0.542 e. The van der Waals surface area contributed by atoms with Crippen LogP contribution in [0.15, 0.2) is 24.5 Å². The van der Waals surface area contributed by atoms with Crippen molar-refractivity contribution in [2.24, 2.45) is 0 Å². The molecule has 0 saturated heterocycles. The van der Waals surface area contributed by atoms with Gasteiger partial charge in [-0.05, 0) is 12.1 Å². The SMILES string of the molecule is O=C([O-])C(=O)[C@@H](O)[C@H](O)[C@@H](O)[C@H](O)CO.O=C([O-])C(=O)[C@@H](O)[C@H](O)[C@@H](O)[C@H](O)CO.[Mg+2].c1cc[nH]c1. The third-order valence-electron chi connectivity index (χ3n) is 3.95.